The summed E-state index contributed by atoms with van der Waals surface area (Å²) in [6.45, 7) is 5.00. The molecule has 1 aromatic carbocycles. The molecule has 4 saturated carbocycles. The van der Waals surface area contributed by atoms with Crippen molar-refractivity contribution in [1.82, 2.24) is 0 Å². The Kier molecular flexibility index (Phi) is 4.51. The Morgan fingerprint density at radius 2 is 1.57 bits per heavy atom. The van der Waals surface area contributed by atoms with Crippen LogP contribution in [0, 0.1) is 34.5 Å². The van der Waals surface area contributed by atoms with Gasteiger partial charge in [-0.15, -0.1) is 0 Å². The maximum Gasteiger partial charge on any atom is 0.181 e. The minimum atomic E-state index is -3.27. The number of sulfone groups is 1. The van der Waals surface area contributed by atoms with Gasteiger partial charge in [-0.05, 0) is 91.6 Å². The molecule has 4 fully saturated rings. The third-order valence-electron chi connectivity index (χ3n) is 9.82. The first kappa shape index (κ1) is 19.2. The average molecular weight is 401 g/mol. The Balaban J connectivity index is 1.58. The van der Waals surface area contributed by atoms with E-state index in [0.29, 0.717) is 22.1 Å². The molecule has 4 aliphatic rings. The van der Waals surface area contributed by atoms with Crippen LogP contribution in [0.5, 0.6) is 0 Å². The van der Waals surface area contributed by atoms with E-state index in [1.807, 2.05) is 30.3 Å². The summed E-state index contributed by atoms with van der Waals surface area (Å²) in [4.78, 5) is 0.552. The molecule has 0 bridgehead atoms. The predicted octanol–water partition coefficient (Wildman–Crippen LogP) is 6.26. The summed E-state index contributed by atoms with van der Waals surface area (Å²) in [7, 11) is -3.27. The van der Waals surface area contributed by atoms with Crippen LogP contribution in [0.15, 0.2) is 35.2 Å². The summed E-state index contributed by atoms with van der Waals surface area (Å²) in [6, 6.07) is 9.33. The molecule has 154 valence electrons. The number of fused-ring (bicyclic) bond motifs is 5. The van der Waals surface area contributed by atoms with Gasteiger partial charge in [-0.1, -0.05) is 51.3 Å². The number of hydrogen-bond donors (Lipinski definition) is 0. The van der Waals surface area contributed by atoms with Gasteiger partial charge >= 0.3 is 0 Å². The largest absolute Gasteiger partial charge is 0.223 e. The van der Waals surface area contributed by atoms with Crippen molar-refractivity contribution in [3.63, 3.8) is 0 Å². The fourth-order valence-corrected chi connectivity index (χ4v) is 10.7. The molecular weight excluding hydrogens is 364 g/mol. The molecule has 7 atom stereocenters. The van der Waals surface area contributed by atoms with Crippen molar-refractivity contribution in [3.05, 3.63) is 30.3 Å². The van der Waals surface area contributed by atoms with Crippen molar-refractivity contribution in [2.75, 3.05) is 0 Å². The predicted molar refractivity (Wildman–Crippen MR) is 114 cm³/mol. The van der Waals surface area contributed by atoms with Crippen molar-refractivity contribution >= 4 is 9.84 Å². The fourth-order valence-electron chi connectivity index (χ4n) is 8.44. The summed E-state index contributed by atoms with van der Waals surface area (Å²) in [5.41, 5.74) is 0.692. The highest BCUT2D eigenvalue weighted by molar-refractivity contribution is 7.92. The van der Waals surface area contributed by atoms with Gasteiger partial charge in [-0.25, -0.2) is 8.42 Å². The van der Waals surface area contributed by atoms with Crippen LogP contribution in [0.3, 0.4) is 0 Å². The number of benzene rings is 1. The first-order valence-corrected chi connectivity index (χ1v) is 13.2. The lowest BCUT2D eigenvalue weighted by Gasteiger charge is -2.61. The number of rotatable bonds is 2. The first-order chi connectivity index (χ1) is 13.4. The lowest BCUT2D eigenvalue weighted by atomic mass is 9.45. The normalized spacial score (nSPS) is 45.7. The van der Waals surface area contributed by atoms with Crippen LogP contribution in [0.2, 0.25) is 0 Å². The first-order valence-electron chi connectivity index (χ1n) is 11.7. The Labute approximate surface area is 171 Å². The third-order valence-corrected chi connectivity index (χ3v) is 12.1. The van der Waals surface area contributed by atoms with Crippen LogP contribution in [-0.2, 0) is 9.84 Å². The molecule has 3 heteroatoms. The topological polar surface area (TPSA) is 34.1 Å². The van der Waals surface area contributed by atoms with E-state index >= 15 is 0 Å². The molecule has 1 aromatic rings. The van der Waals surface area contributed by atoms with Crippen LogP contribution in [0.25, 0.3) is 0 Å². The average Bonchev–Trinajstić information content (AvgIpc) is 3.09. The molecule has 0 radical (unpaired) electrons. The minimum Gasteiger partial charge on any atom is -0.223 e. The molecule has 0 amide bonds. The van der Waals surface area contributed by atoms with Crippen molar-refractivity contribution < 1.29 is 8.42 Å². The Morgan fingerprint density at radius 3 is 2.36 bits per heavy atom. The van der Waals surface area contributed by atoms with Crippen LogP contribution in [-0.4, -0.2) is 13.7 Å². The smallest absolute Gasteiger partial charge is 0.181 e. The van der Waals surface area contributed by atoms with E-state index in [1.54, 1.807) is 0 Å². The van der Waals surface area contributed by atoms with Crippen molar-refractivity contribution in [1.29, 1.82) is 0 Å². The minimum absolute atomic E-state index is 0.176. The molecule has 0 saturated heterocycles. The van der Waals surface area contributed by atoms with E-state index in [0.717, 1.165) is 24.7 Å². The van der Waals surface area contributed by atoms with Crippen molar-refractivity contribution in [2.24, 2.45) is 34.5 Å². The van der Waals surface area contributed by atoms with Gasteiger partial charge in [-0.3, -0.25) is 0 Å². The van der Waals surface area contributed by atoms with E-state index in [9.17, 15) is 8.42 Å². The van der Waals surface area contributed by atoms with Gasteiger partial charge in [0, 0.05) is 0 Å². The van der Waals surface area contributed by atoms with Crippen LogP contribution >= 0.6 is 0 Å². The monoisotopic (exact) mass is 400 g/mol. The highest BCUT2D eigenvalue weighted by Crippen LogP contribution is 2.67. The van der Waals surface area contributed by atoms with Gasteiger partial charge < -0.3 is 0 Å². The lowest BCUT2D eigenvalue weighted by Crippen LogP contribution is -2.58. The van der Waals surface area contributed by atoms with Gasteiger partial charge in [0.05, 0.1) is 10.1 Å². The third kappa shape index (κ3) is 2.67. The molecule has 2 nitrogen and oxygen atoms in total. The molecule has 0 aromatic heterocycles. The van der Waals surface area contributed by atoms with E-state index in [4.69, 9.17) is 0 Å². The zero-order valence-corrected chi connectivity index (χ0v) is 18.4. The van der Waals surface area contributed by atoms with Crippen LogP contribution < -0.4 is 0 Å². The molecule has 2 unspecified atom stereocenters. The standard InChI is InChI=1S/C25H36O2S/c1-24-14-8-12-20(24)19-17-23(28(26,27)18-9-4-3-5-10-18)22-11-6-7-15-25(22,2)21(19)13-16-24/h3-5,9-10,19-23H,6-8,11-17H2,1-2H3/t19-,20-,21+,22?,23?,24-,25+/m0/s1. The van der Waals surface area contributed by atoms with Crippen molar-refractivity contribution in [2.45, 2.75) is 88.2 Å². The summed E-state index contributed by atoms with van der Waals surface area (Å²) in [6.07, 6.45) is 12.5. The van der Waals surface area contributed by atoms with Crippen LogP contribution in [0.4, 0.5) is 0 Å². The molecular formula is C25H36O2S. The second-order valence-electron chi connectivity index (χ2n) is 11.0. The van der Waals surface area contributed by atoms with Gasteiger partial charge in [0.25, 0.3) is 0 Å². The highest BCUT2D eigenvalue weighted by atomic mass is 32.2. The molecule has 0 heterocycles. The maximum absolute atomic E-state index is 13.8. The SMILES string of the molecule is C[C@@]12CCC[C@H]1[C@@H]1CC(S(=O)(=O)c3ccccc3)C3CCCC[C@]3(C)[C@@H]1CC2. The summed E-state index contributed by atoms with van der Waals surface area (Å²) in [5, 5.41) is -0.176. The summed E-state index contributed by atoms with van der Waals surface area (Å²) in [5.74, 6) is 2.46. The van der Waals surface area contributed by atoms with Crippen molar-refractivity contribution in [3.8, 4) is 0 Å². The highest BCUT2D eigenvalue weighted by Gasteiger charge is 2.61. The molecule has 0 N–H and O–H groups in total. The van der Waals surface area contributed by atoms with Gasteiger partial charge in [0.2, 0.25) is 0 Å². The second kappa shape index (κ2) is 6.59. The summed E-state index contributed by atoms with van der Waals surface area (Å²) >= 11 is 0. The Bertz CT molecular complexity index is 831. The quantitative estimate of drug-likeness (QED) is 0.587. The summed E-state index contributed by atoms with van der Waals surface area (Å²) < 4.78 is 27.7. The molecule has 28 heavy (non-hydrogen) atoms. The second-order valence-corrected chi connectivity index (χ2v) is 13.1. The fraction of sp³-hybridized carbons (Fsp3) is 0.760. The van der Waals surface area contributed by atoms with Gasteiger partial charge in [0.15, 0.2) is 9.84 Å². The molecule has 5 rings (SSSR count). The number of hydrogen-bond acceptors (Lipinski definition) is 2. The lowest BCUT2D eigenvalue weighted by molar-refractivity contribution is -0.101. The van der Waals surface area contributed by atoms with E-state index in [2.05, 4.69) is 13.8 Å². The van der Waals surface area contributed by atoms with E-state index in [1.165, 1.54) is 51.4 Å². The zero-order chi connectivity index (χ0) is 19.6. The molecule has 4 aliphatic carbocycles. The molecule has 0 spiro atoms. The van der Waals surface area contributed by atoms with E-state index in [-0.39, 0.29) is 10.7 Å². The zero-order valence-electron chi connectivity index (χ0n) is 17.6. The van der Waals surface area contributed by atoms with Gasteiger partial charge in [-0.2, -0.15) is 0 Å². The van der Waals surface area contributed by atoms with E-state index < -0.39 is 9.84 Å². The Morgan fingerprint density at radius 1 is 0.821 bits per heavy atom. The van der Waals surface area contributed by atoms with Gasteiger partial charge in [0.1, 0.15) is 0 Å². The maximum atomic E-state index is 13.8. The molecule has 0 aliphatic heterocycles. The Hall–Kier alpha value is -0.830. The van der Waals surface area contributed by atoms with Crippen LogP contribution in [0.1, 0.15) is 78.1 Å².